The van der Waals surface area contributed by atoms with Gasteiger partial charge in [0, 0.05) is 13.0 Å². The lowest BCUT2D eigenvalue weighted by Crippen LogP contribution is -2.17. The monoisotopic (exact) mass is 231 g/mol. The van der Waals surface area contributed by atoms with E-state index in [1.54, 1.807) is 0 Å². The lowest BCUT2D eigenvalue weighted by atomic mass is 10.1. The van der Waals surface area contributed by atoms with E-state index in [0.717, 1.165) is 45.2 Å². The molecule has 16 heavy (non-hydrogen) atoms. The molecule has 3 N–H and O–H groups in total. The van der Waals surface area contributed by atoms with Gasteiger partial charge in [-0.15, -0.1) is 0 Å². The summed E-state index contributed by atoms with van der Waals surface area (Å²) in [5.74, 6) is -0.302. The van der Waals surface area contributed by atoms with Crippen molar-refractivity contribution in [1.82, 2.24) is 5.32 Å². The molecule has 96 valence electrons. The lowest BCUT2D eigenvalue weighted by molar-refractivity contribution is -0.137. The molecule has 1 atom stereocenters. The molecule has 0 aromatic carbocycles. The van der Waals surface area contributed by atoms with Crippen molar-refractivity contribution < 1.29 is 15.0 Å². The molecule has 0 aromatic heterocycles. The number of aliphatic carboxylic acids is 1. The van der Waals surface area contributed by atoms with Crippen LogP contribution in [0.25, 0.3) is 0 Å². The number of carboxylic acids is 1. The van der Waals surface area contributed by atoms with Gasteiger partial charge in [0.2, 0.25) is 0 Å². The summed E-state index contributed by atoms with van der Waals surface area (Å²) >= 11 is 0. The standard InChI is InChI=1S/C12H25NO3/c1-11(10-14)6-5-9-13-8-4-2-3-7-12(15)16/h11,13-14H,2-10H2,1H3,(H,15,16). The van der Waals surface area contributed by atoms with Crippen molar-refractivity contribution in [3.63, 3.8) is 0 Å². The molecule has 4 nitrogen and oxygen atoms in total. The number of aliphatic hydroxyl groups is 1. The Bertz CT molecular complexity index is 174. The molecule has 1 unspecified atom stereocenters. The Morgan fingerprint density at radius 3 is 2.50 bits per heavy atom. The second-order valence-corrected chi connectivity index (χ2v) is 4.38. The molecule has 0 amide bonds. The van der Waals surface area contributed by atoms with E-state index in [1.807, 2.05) is 6.92 Å². The number of carboxylic acid groups (broad SMARTS) is 1. The first-order valence-electron chi connectivity index (χ1n) is 6.20. The molecular weight excluding hydrogens is 206 g/mol. The molecule has 0 aliphatic rings. The molecule has 0 aliphatic heterocycles. The number of aliphatic hydroxyl groups excluding tert-OH is 1. The van der Waals surface area contributed by atoms with Crippen LogP contribution in [0.4, 0.5) is 0 Å². The average Bonchev–Trinajstić information content (AvgIpc) is 2.26. The summed E-state index contributed by atoms with van der Waals surface area (Å²) < 4.78 is 0. The van der Waals surface area contributed by atoms with Crippen molar-refractivity contribution in [2.24, 2.45) is 5.92 Å². The van der Waals surface area contributed by atoms with E-state index >= 15 is 0 Å². The Kier molecular flexibility index (Phi) is 10.5. The first-order valence-corrected chi connectivity index (χ1v) is 6.20. The zero-order valence-electron chi connectivity index (χ0n) is 10.2. The summed E-state index contributed by atoms with van der Waals surface area (Å²) in [7, 11) is 0. The molecule has 0 saturated heterocycles. The molecule has 0 fully saturated rings. The highest BCUT2D eigenvalue weighted by Gasteiger charge is 1.99. The summed E-state index contributed by atoms with van der Waals surface area (Å²) in [5, 5.41) is 20.6. The quantitative estimate of drug-likeness (QED) is 0.473. The summed E-state index contributed by atoms with van der Waals surface area (Å²) in [5.41, 5.74) is 0. The van der Waals surface area contributed by atoms with Crippen LogP contribution in [0.3, 0.4) is 0 Å². The third-order valence-corrected chi connectivity index (χ3v) is 2.61. The van der Waals surface area contributed by atoms with Gasteiger partial charge in [-0.2, -0.15) is 0 Å². The highest BCUT2D eigenvalue weighted by atomic mass is 16.4. The Balaban J connectivity index is 3.01. The first kappa shape index (κ1) is 15.4. The van der Waals surface area contributed by atoms with Crippen LogP contribution in [0.1, 0.15) is 45.4 Å². The smallest absolute Gasteiger partial charge is 0.303 e. The number of carbonyl (C=O) groups is 1. The van der Waals surface area contributed by atoms with E-state index < -0.39 is 5.97 Å². The fourth-order valence-electron chi connectivity index (χ4n) is 1.49. The number of unbranched alkanes of at least 4 members (excludes halogenated alkanes) is 2. The van der Waals surface area contributed by atoms with E-state index in [9.17, 15) is 4.79 Å². The minimum absolute atomic E-state index is 0.273. The third-order valence-electron chi connectivity index (χ3n) is 2.61. The van der Waals surface area contributed by atoms with Crippen molar-refractivity contribution in [2.45, 2.75) is 45.4 Å². The van der Waals surface area contributed by atoms with Gasteiger partial charge in [-0.05, 0) is 44.7 Å². The minimum Gasteiger partial charge on any atom is -0.481 e. The molecule has 0 radical (unpaired) electrons. The fraction of sp³-hybridized carbons (Fsp3) is 0.917. The predicted octanol–water partition coefficient (Wildman–Crippen LogP) is 1.63. The topological polar surface area (TPSA) is 69.6 Å². The van der Waals surface area contributed by atoms with Crippen LogP contribution in [0, 0.1) is 5.92 Å². The van der Waals surface area contributed by atoms with Gasteiger partial charge in [0.15, 0.2) is 0 Å². The van der Waals surface area contributed by atoms with Gasteiger partial charge in [-0.3, -0.25) is 4.79 Å². The maximum atomic E-state index is 10.2. The normalized spacial score (nSPS) is 12.6. The SMILES string of the molecule is CC(CO)CCCNCCCCCC(=O)O. The van der Waals surface area contributed by atoms with E-state index in [1.165, 1.54) is 0 Å². The lowest BCUT2D eigenvalue weighted by Gasteiger charge is -2.08. The van der Waals surface area contributed by atoms with Crippen LogP contribution in [0.2, 0.25) is 0 Å². The molecule has 0 bridgehead atoms. The molecule has 0 saturated carbocycles. The zero-order valence-corrected chi connectivity index (χ0v) is 10.2. The molecule has 0 rings (SSSR count). The summed E-state index contributed by atoms with van der Waals surface area (Å²) in [4.78, 5) is 10.2. The molecule has 0 aliphatic carbocycles. The number of hydrogen-bond donors (Lipinski definition) is 3. The Hall–Kier alpha value is -0.610. The van der Waals surface area contributed by atoms with Crippen molar-refractivity contribution >= 4 is 5.97 Å². The third kappa shape index (κ3) is 11.5. The van der Waals surface area contributed by atoms with Gasteiger partial charge in [0.25, 0.3) is 0 Å². The van der Waals surface area contributed by atoms with E-state index in [2.05, 4.69) is 5.32 Å². The first-order chi connectivity index (χ1) is 7.66. The zero-order chi connectivity index (χ0) is 12.2. The van der Waals surface area contributed by atoms with Gasteiger partial charge in [-0.25, -0.2) is 0 Å². The highest BCUT2D eigenvalue weighted by molar-refractivity contribution is 5.66. The highest BCUT2D eigenvalue weighted by Crippen LogP contribution is 2.03. The van der Waals surface area contributed by atoms with Crippen molar-refractivity contribution in [2.75, 3.05) is 19.7 Å². The predicted molar refractivity (Wildman–Crippen MR) is 64.5 cm³/mol. The molecule has 4 heteroatoms. The Morgan fingerprint density at radius 2 is 1.88 bits per heavy atom. The van der Waals surface area contributed by atoms with Gasteiger partial charge in [0.05, 0.1) is 0 Å². The molecule has 0 heterocycles. The van der Waals surface area contributed by atoms with Crippen LogP contribution in [-0.4, -0.2) is 35.9 Å². The van der Waals surface area contributed by atoms with Gasteiger partial charge in [0.1, 0.15) is 0 Å². The maximum Gasteiger partial charge on any atom is 0.303 e. The number of rotatable bonds is 11. The van der Waals surface area contributed by atoms with Crippen LogP contribution in [-0.2, 0) is 4.79 Å². The van der Waals surface area contributed by atoms with Crippen molar-refractivity contribution in [3.05, 3.63) is 0 Å². The van der Waals surface area contributed by atoms with Crippen molar-refractivity contribution in [3.8, 4) is 0 Å². The van der Waals surface area contributed by atoms with Crippen LogP contribution in [0.15, 0.2) is 0 Å². The van der Waals surface area contributed by atoms with E-state index in [0.29, 0.717) is 5.92 Å². The Morgan fingerprint density at radius 1 is 1.19 bits per heavy atom. The van der Waals surface area contributed by atoms with Gasteiger partial charge < -0.3 is 15.5 Å². The second kappa shape index (κ2) is 10.9. The summed E-state index contributed by atoms with van der Waals surface area (Å²) in [6, 6.07) is 0. The van der Waals surface area contributed by atoms with Crippen LogP contribution in [0.5, 0.6) is 0 Å². The fourth-order valence-corrected chi connectivity index (χ4v) is 1.49. The van der Waals surface area contributed by atoms with Crippen LogP contribution < -0.4 is 5.32 Å². The van der Waals surface area contributed by atoms with Gasteiger partial charge in [-0.1, -0.05) is 13.3 Å². The van der Waals surface area contributed by atoms with Gasteiger partial charge >= 0.3 is 5.97 Å². The summed E-state index contributed by atoms with van der Waals surface area (Å²) in [6.45, 7) is 4.28. The number of hydrogen-bond acceptors (Lipinski definition) is 3. The minimum atomic E-state index is -0.703. The van der Waals surface area contributed by atoms with Crippen molar-refractivity contribution in [1.29, 1.82) is 0 Å². The molecule has 0 aromatic rings. The number of nitrogens with one attached hydrogen (secondary N) is 1. The second-order valence-electron chi connectivity index (χ2n) is 4.38. The maximum absolute atomic E-state index is 10.2. The molecular formula is C12H25NO3. The van der Waals surface area contributed by atoms with E-state index in [-0.39, 0.29) is 13.0 Å². The van der Waals surface area contributed by atoms with Crippen LogP contribution >= 0.6 is 0 Å². The summed E-state index contributed by atoms with van der Waals surface area (Å²) in [6.07, 6.45) is 5.24. The average molecular weight is 231 g/mol. The Labute approximate surface area is 98.1 Å². The van der Waals surface area contributed by atoms with E-state index in [4.69, 9.17) is 10.2 Å². The largest absolute Gasteiger partial charge is 0.481 e. The molecule has 0 spiro atoms.